The second kappa shape index (κ2) is 10.5. The molecule has 1 heterocycles. The van der Waals surface area contributed by atoms with Crippen LogP contribution in [0.4, 0.5) is 13.2 Å². The molecule has 1 aromatic carbocycles. The molecule has 0 unspecified atom stereocenters. The topological polar surface area (TPSA) is 73.8 Å². The minimum absolute atomic E-state index is 0. The fourth-order valence-electron chi connectivity index (χ4n) is 2.57. The number of rotatable bonds is 5. The Labute approximate surface area is 174 Å². The third kappa shape index (κ3) is 8.21. The van der Waals surface area contributed by atoms with E-state index in [1.54, 1.807) is 13.1 Å². The molecule has 1 aromatic rings. The Hall–Kier alpha value is -1.08. The van der Waals surface area contributed by atoms with E-state index in [0.29, 0.717) is 37.7 Å². The van der Waals surface area contributed by atoms with E-state index in [0.717, 1.165) is 12.1 Å². The summed E-state index contributed by atoms with van der Waals surface area (Å²) < 4.78 is 61.0. The van der Waals surface area contributed by atoms with Gasteiger partial charge in [0, 0.05) is 39.8 Å². The third-order valence-electron chi connectivity index (χ3n) is 4.10. The number of benzene rings is 1. The normalized spacial score (nSPS) is 17.9. The highest BCUT2D eigenvalue weighted by molar-refractivity contribution is 14.0. The second-order valence-corrected chi connectivity index (χ2v) is 8.35. The summed E-state index contributed by atoms with van der Waals surface area (Å²) in [7, 11) is -1.31. The molecule has 1 fully saturated rings. The number of hydrogen-bond acceptors (Lipinski definition) is 4. The quantitative estimate of drug-likeness (QED) is 0.352. The largest absolute Gasteiger partial charge is 0.416 e. The summed E-state index contributed by atoms with van der Waals surface area (Å²) in [5.41, 5.74) is -0.177. The molecule has 0 amide bonds. The van der Waals surface area contributed by atoms with Crippen molar-refractivity contribution < 1.29 is 21.6 Å². The number of nitrogens with one attached hydrogen (secondary N) is 2. The molecule has 2 rings (SSSR count). The predicted octanol–water partition coefficient (Wildman–Crippen LogP) is 1.72. The Morgan fingerprint density at radius 1 is 1.22 bits per heavy atom. The van der Waals surface area contributed by atoms with Crippen molar-refractivity contribution in [3.63, 3.8) is 0 Å². The predicted molar refractivity (Wildman–Crippen MR) is 110 cm³/mol. The van der Waals surface area contributed by atoms with E-state index in [2.05, 4.69) is 15.6 Å². The fourth-order valence-corrected chi connectivity index (χ4v) is 3.85. The first-order valence-electron chi connectivity index (χ1n) is 8.23. The summed E-state index contributed by atoms with van der Waals surface area (Å²) in [5.74, 6) is 0.831. The molecule has 1 aliphatic heterocycles. The van der Waals surface area contributed by atoms with Crippen molar-refractivity contribution in [1.82, 2.24) is 15.5 Å². The van der Waals surface area contributed by atoms with Crippen LogP contribution in [0.15, 0.2) is 29.3 Å². The van der Waals surface area contributed by atoms with Crippen molar-refractivity contribution in [2.45, 2.75) is 12.7 Å². The SMILES string of the molecule is CN=C(NCCN1CCS(=O)(=O)CC1)NCc1cccc(C(F)(F)F)c1.I. The van der Waals surface area contributed by atoms with E-state index in [1.807, 2.05) is 4.90 Å². The number of nitrogens with zero attached hydrogens (tertiary/aromatic N) is 2. The first kappa shape index (κ1) is 24.0. The Morgan fingerprint density at radius 2 is 1.89 bits per heavy atom. The third-order valence-corrected chi connectivity index (χ3v) is 5.70. The highest BCUT2D eigenvalue weighted by atomic mass is 127. The van der Waals surface area contributed by atoms with Crippen molar-refractivity contribution >= 4 is 39.8 Å². The van der Waals surface area contributed by atoms with Crippen molar-refractivity contribution in [2.75, 3.05) is 44.7 Å². The van der Waals surface area contributed by atoms with Crippen molar-refractivity contribution in [1.29, 1.82) is 0 Å². The number of halogens is 4. The number of alkyl halides is 3. The van der Waals surface area contributed by atoms with Crippen LogP contribution in [-0.2, 0) is 22.6 Å². The molecular weight excluding hydrogens is 496 g/mol. The Morgan fingerprint density at radius 3 is 2.48 bits per heavy atom. The van der Waals surface area contributed by atoms with Gasteiger partial charge < -0.3 is 10.6 Å². The Bertz CT molecular complexity index is 727. The second-order valence-electron chi connectivity index (χ2n) is 6.04. The maximum atomic E-state index is 12.7. The van der Waals surface area contributed by atoms with E-state index < -0.39 is 21.6 Å². The van der Waals surface area contributed by atoms with Crippen LogP contribution in [0.1, 0.15) is 11.1 Å². The lowest BCUT2D eigenvalue weighted by molar-refractivity contribution is -0.137. The molecule has 154 valence electrons. The first-order valence-corrected chi connectivity index (χ1v) is 10.1. The lowest BCUT2D eigenvalue weighted by atomic mass is 10.1. The molecule has 0 saturated carbocycles. The zero-order valence-corrected chi connectivity index (χ0v) is 18.1. The van der Waals surface area contributed by atoms with Gasteiger partial charge in [-0.1, -0.05) is 12.1 Å². The van der Waals surface area contributed by atoms with Gasteiger partial charge in [-0.05, 0) is 17.7 Å². The summed E-state index contributed by atoms with van der Waals surface area (Å²) in [6.45, 7) is 2.47. The smallest absolute Gasteiger partial charge is 0.355 e. The van der Waals surface area contributed by atoms with Crippen LogP contribution in [0.2, 0.25) is 0 Å². The summed E-state index contributed by atoms with van der Waals surface area (Å²) >= 11 is 0. The van der Waals surface area contributed by atoms with E-state index >= 15 is 0 Å². The fraction of sp³-hybridized carbons (Fsp3) is 0.562. The van der Waals surface area contributed by atoms with E-state index in [4.69, 9.17) is 0 Å². The van der Waals surface area contributed by atoms with Gasteiger partial charge in [0.05, 0.1) is 17.1 Å². The summed E-state index contributed by atoms with van der Waals surface area (Å²) in [6.07, 6.45) is -4.36. The zero-order valence-electron chi connectivity index (χ0n) is 14.9. The molecule has 1 aliphatic rings. The summed E-state index contributed by atoms with van der Waals surface area (Å²) in [5, 5.41) is 6.05. The molecule has 0 radical (unpaired) electrons. The molecule has 1 saturated heterocycles. The molecule has 27 heavy (non-hydrogen) atoms. The van der Waals surface area contributed by atoms with Crippen LogP contribution >= 0.6 is 24.0 Å². The number of hydrogen-bond donors (Lipinski definition) is 2. The molecule has 2 N–H and O–H groups in total. The van der Waals surface area contributed by atoms with Crippen molar-refractivity contribution in [2.24, 2.45) is 4.99 Å². The molecule has 0 spiro atoms. The van der Waals surface area contributed by atoms with Crippen LogP contribution in [-0.4, -0.2) is 64.0 Å². The van der Waals surface area contributed by atoms with Gasteiger partial charge in [-0.25, -0.2) is 8.42 Å². The van der Waals surface area contributed by atoms with Crippen LogP contribution in [0, 0.1) is 0 Å². The lowest BCUT2D eigenvalue weighted by Crippen LogP contribution is -2.45. The van der Waals surface area contributed by atoms with Crippen LogP contribution in [0.25, 0.3) is 0 Å². The van der Waals surface area contributed by atoms with E-state index in [9.17, 15) is 21.6 Å². The Balaban J connectivity index is 0.00000364. The zero-order chi connectivity index (χ0) is 19.2. The molecule has 0 bridgehead atoms. The van der Waals surface area contributed by atoms with E-state index in [-0.39, 0.29) is 42.0 Å². The van der Waals surface area contributed by atoms with Crippen LogP contribution in [0.5, 0.6) is 0 Å². The van der Waals surface area contributed by atoms with Crippen molar-refractivity contribution in [3.05, 3.63) is 35.4 Å². The van der Waals surface area contributed by atoms with Gasteiger partial charge >= 0.3 is 6.18 Å². The number of aliphatic imine (C=N–C) groups is 1. The number of sulfone groups is 1. The molecule has 0 aromatic heterocycles. The van der Waals surface area contributed by atoms with Gasteiger partial charge in [0.2, 0.25) is 0 Å². The van der Waals surface area contributed by atoms with Gasteiger partial charge in [0.25, 0.3) is 0 Å². The van der Waals surface area contributed by atoms with Crippen molar-refractivity contribution in [3.8, 4) is 0 Å². The molecule has 0 atom stereocenters. The van der Waals surface area contributed by atoms with Gasteiger partial charge in [-0.3, -0.25) is 9.89 Å². The minimum Gasteiger partial charge on any atom is -0.355 e. The monoisotopic (exact) mass is 520 g/mol. The van der Waals surface area contributed by atoms with Crippen LogP contribution < -0.4 is 10.6 Å². The van der Waals surface area contributed by atoms with Crippen LogP contribution in [0.3, 0.4) is 0 Å². The maximum absolute atomic E-state index is 12.7. The lowest BCUT2D eigenvalue weighted by Gasteiger charge is -2.26. The Kier molecular flexibility index (Phi) is 9.28. The first-order chi connectivity index (χ1) is 12.2. The van der Waals surface area contributed by atoms with E-state index in [1.165, 1.54) is 6.07 Å². The summed E-state index contributed by atoms with van der Waals surface area (Å²) in [4.78, 5) is 6.09. The van der Waals surface area contributed by atoms with Gasteiger partial charge in [0.1, 0.15) is 0 Å². The van der Waals surface area contributed by atoms with Gasteiger partial charge in [0.15, 0.2) is 15.8 Å². The molecule has 6 nitrogen and oxygen atoms in total. The molecule has 11 heteroatoms. The average molecular weight is 520 g/mol. The highest BCUT2D eigenvalue weighted by Crippen LogP contribution is 2.29. The maximum Gasteiger partial charge on any atom is 0.416 e. The standard InChI is InChI=1S/C16H23F3N4O2S.HI/c1-20-15(21-5-6-23-7-9-26(24,25)10-8-23)22-12-13-3-2-4-14(11-13)16(17,18)19;/h2-4,11H,5-10,12H2,1H3,(H2,20,21,22);1H. The average Bonchev–Trinajstić information content (AvgIpc) is 2.59. The number of guanidine groups is 1. The molecular formula is C16H24F3IN4O2S. The highest BCUT2D eigenvalue weighted by Gasteiger charge is 2.30. The van der Waals surface area contributed by atoms with Gasteiger partial charge in [-0.15, -0.1) is 24.0 Å². The minimum atomic E-state index is -4.36. The summed E-state index contributed by atoms with van der Waals surface area (Å²) in [6, 6.07) is 5.13. The van der Waals surface area contributed by atoms with Gasteiger partial charge in [-0.2, -0.15) is 13.2 Å². The molecule has 0 aliphatic carbocycles.